The van der Waals surface area contributed by atoms with Crippen LogP contribution in [0.4, 0.5) is 15.8 Å². The predicted molar refractivity (Wildman–Crippen MR) is 93.4 cm³/mol. The lowest BCUT2D eigenvalue weighted by Crippen LogP contribution is -2.13. The summed E-state index contributed by atoms with van der Waals surface area (Å²) in [5.74, 6) is 0.471. The number of halogens is 2. The first-order valence-corrected chi connectivity index (χ1v) is 8.07. The Labute approximate surface area is 137 Å². The van der Waals surface area contributed by atoms with Gasteiger partial charge < -0.3 is 11.1 Å². The first kappa shape index (κ1) is 16.1. The van der Waals surface area contributed by atoms with Crippen LogP contribution >= 0.6 is 35.6 Å². The molecule has 0 radical (unpaired) electrons. The van der Waals surface area contributed by atoms with E-state index in [9.17, 15) is 4.39 Å². The second-order valence-corrected chi connectivity index (χ2v) is 6.41. The normalized spacial score (nSPS) is 10.4. The summed E-state index contributed by atoms with van der Waals surface area (Å²) in [6, 6.07) is 10.1. The molecule has 0 unspecified atom stereocenters. The molecule has 0 atom stereocenters. The molecule has 2 aromatic rings. The largest absolute Gasteiger partial charge is 0.389 e. The molecular formula is C15H14ClFN2S2. The zero-order valence-corrected chi connectivity index (χ0v) is 13.7. The van der Waals surface area contributed by atoms with Gasteiger partial charge in [-0.15, -0.1) is 11.8 Å². The molecule has 0 fully saturated rings. The van der Waals surface area contributed by atoms with Gasteiger partial charge in [-0.25, -0.2) is 4.39 Å². The molecule has 0 heterocycles. The summed E-state index contributed by atoms with van der Waals surface area (Å²) in [5.41, 5.74) is 7.57. The summed E-state index contributed by atoms with van der Waals surface area (Å²) < 4.78 is 13.9. The molecular weight excluding hydrogens is 327 g/mol. The van der Waals surface area contributed by atoms with E-state index in [-0.39, 0.29) is 4.99 Å². The minimum Gasteiger partial charge on any atom is -0.389 e. The highest BCUT2D eigenvalue weighted by atomic mass is 35.5. The van der Waals surface area contributed by atoms with E-state index >= 15 is 0 Å². The molecule has 0 aliphatic rings. The van der Waals surface area contributed by atoms with Gasteiger partial charge in [0.15, 0.2) is 0 Å². The van der Waals surface area contributed by atoms with Crippen molar-refractivity contribution in [1.29, 1.82) is 0 Å². The fourth-order valence-corrected chi connectivity index (χ4v) is 3.19. The Bertz CT molecular complexity index is 677. The molecule has 0 aromatic heterocycles. The molecule has 0 spiro atoms. The zero-order valence-electron chi connectivity index (χ0n) is 11.3. The fraction of sp³-hybridized carbons (Fsp3) is 0.133. The maximum atomic E-state index is 13.9. The van der Waals surface area contributed by atoms with Gasteiger partial charge in [-0.1, -0.05) is 36.8 Å². The number of benzene rings is 2. The van der Waals surface area contributed by atoms with Crippen LogP contribution in [0.2, 0.25) is 5.02 Å². The minimum atomic E-state index is -0.426. The van der Waals surface area contributed by atoms with Crippen LogP contribution in [0.5, 0.6) is 0 Å². The zero-order chi connectivity index (χ0) is 15.4. The molecule has 6 heteroatoms. The second-order valence-electron chi connectivity index (χ2n) is 4.23. The average Bonchev–Trinajstić information content (AvgIpc) is 2.42. The van der Waals surface area contributed by atoms with Crippen molar-refractivity contribution in [2.75, 3.05) is 11.1 Å². The Kier molecular flexibility index (Phi) is 5.45. The van der Waals surface area contributed by atoms with Crippen LogP contribution in [-0.4, -0.2) is 10.7 Å². The van der Waals surface area contributed by atoms with E-state index in [2.05, 4.69) is 5.32 Å². The predicted octanol–water partition coefficient (Wildman–Crippen LogP) is 4.97. The molecule has 0 aliphatic heterocycles. The lowest BCUT2D eigenvalue weighted by atomic mass is 10.1. The van der Waals surface area contributed by atoms with Gasteiger partial charge >= 0.3 is 0 Å². The van der Waals surface area contributed by atoms with E-state index in [1.807, 2.05) is 25.1 Å². The highest BCUT2D eigenvalue weighted by Crippen LogP contribution is 2.31. The molecule has 0 saturated heterocycles. The standard InChI is InChI=1S/C15H14ClFN2S2/c1-2-21-13-5-3-4-12(14(13)15(18)20)19-11-7-6-9(16)8-10(11)17/h3-8,19H,2H2,1H3,(H2,18,20). The lowest BCUT2D eigenvalue weighted by Gasteiger charge is -2.15. The van der Waals surface area contributed by atoms with Gasteiger partial charge in [-0.05, 0) is 36.1 Å². The van der Waals surface area contributed by atoms with Crippen LogP contribution < -0.4 is 11.1 Å². The van der Waals surface area contributed by atoms with Crippen molar-refractivity contribution in [2.24, 2.45) is 5.73 Å². The van der Waals surface area contributed by atoms with Crippen molar-refractivity contribution in [3.8, 4) is 0 Å². The molecule has 0 aliphatic carbocycles. The van der Waals surface area contributed by atoms with E-state index in [0.717, 1.165) is 16.2 Å². The number of nitrogens with one attached hydrogen (secondary N) is 1. The first-order chi connectivity index (χ1) is 10.0. The van der Waals surface area contributed by atoms with Gasteiger partial charge in [0, 0.05) is 21.2 Å². The average molecular weight is 341 g/mol. The van der Waals surface area contributed by atoms with E-state index in [4.69, 9.17) is 29.6 Å². The number of hydrogen-bond acceptors (Lipinski definition) is 3. The Balaban J connectivity index is 2.43. The summed E-state index contributed by atoms with van der Waals surface area (Å²) in [7, 11) is 0. The van der Waals surface area contributed by atoms with Gasteiger partial charge in [0.1, 0.15) is 10.8 Å². The number of rotatable bonds is 5. The van der Waals surface area contributed by atoms with Crippen molar-refractivity contribution in [2.45, 2.75) is 11.8 Å². The van der Waals surface area contributed by atoms with Gasteiger partial charge in [-0.3, -0.25) is 0 Å². The fourth-order valence-electron chi connectivity index (χ4n) is 1.90. The molecule has 0 amide bonds. The Hall–Kier alpha value is -1.30. The summed E-state index contributed by atoms with van der Waals surface area (Å²) >= 11 is 12.5. The summed E-state index contributed by atoms with van der Waals surface area (Å²) in [5, 5.41) is 3.38. The third kappa shape index (κ3) is 3.87. The topological polar surface area (TPSA) is 38.0 Å². The summed E-state index contributed by atoms with van der Waals surface area (Å²) in [6.45, 7) is 2.05. The van der Waals surface area contributed by atoms with E-state index < -0.39 is 5.82 Å². The number of nitrogens with two attached hydrogens (primary N) is 1. The number of hydrogen-bond donors (Lipinski definition) is 2. The molecule has 0 saturated carbocycles. The molecule has 0 bridgehead atoms. The van der Waals surface area contributed by atoms with Crippen LogP contribution in [0.15, 0.2) is 41.3 Å². The highest BCUT2D eigenvalue weighted by molar-refractivity contribution is 7.99. The second kappa shape index (κ2) is 7.11. The number of anilines is 2. The lowest BCUT2D eigenvalue weighted by molar-refractivity contribution is 0.632. The summed E-state index contributed by atoms with van der Waals surface area (Å²) in [6.07, 6.45) is 0. The van der Waals surface area contributed by atoms with Crippen LogP contribution in [-0.2, 0) is 0 Å². The highest BCUT2D eigenvalue weighted by Gasteiger charge is 2.13. The van der Waals surface area contributed by atoms with Crippen molar-refractivity contribution < 1.29 is 4.39 Å². The molecule has 2 aromatic carbocycles. The van der Waals surface area contributed by atoms with Crippen molar-refractivity contribution in [1.82, 2.24) is 0 Å². The quantitative estimate of drug-likeness (QED) is 0.595. The maximum Gasteiger partial charge on any atom is 0.148 e. The third-order valence-electron chi connectivity index (χ3n) is 2.77. The van der Waals surface area contributed by atoms with Gasteiger partial charge in [0.05, 0.1) is 5.69 Å². The smallest absolute Gasteiger partial charge is 0.148 e. The van der Waals surface area contributed by atoms with Crippen molar-refractivity contribution in [3.63, 3.8) is 0 Å². The molecule has 3 N–H and O–H groups in total. The van der Waals surface area contributed by atoms with Crippen molar-refractivity contribution in [3.05, 3.63) is 52.8 Å². The van der Waals surface area contributed by atoms with E-state index in [0.29, 0.717) is 16.4 Å². The Morgan fingerprint density at radius 3 is 2.71 bits per heavy atom. The number of thioether (sulfide) groups is 1. The third-order valence-corrected chi connectivity index (χ3v) is 4.15. The van der Waals surface area contributed by atoms with Gasteiger partial charge in [0.2, 0.25) is 0 Å². The van der Waals surface area contributed by atoms with Gasteiger partial charge in [-0.2, -0.15) is 0 Å². The SMILES string of the molecule is CCSc1cccc(Nc2ccc(Cl)cc2F)c1C(N)=S. The molecule has 110 valence electrons. The van der Waals surface area contributed by atoms with Crippen LogP contribution in [0, 0.1) is 5.82 Å². The Morgan fingerprint density at radius 1 is 1.33 bits per heavy atom. The Morgan fingerprint density at radius 2 is 2.10 bits per heavy atom. The van der Waals surface area contributed by atoms with E-state index in [1.54, 1.807) is 23.9 Å². The van der Waals surface area contributed by atoms with Crippen molar-refractivity contribution >= 4 is 51.9 Å². The maximum absolute atomic E-state index is 13.9. The van der Waals surface area contributed by atoms with Gasteiger partial charge in [0.25, 0.3) is 0 Å². The monoisotopic (exact) mass is 340 g/mol. The van der Waals surface area contributed by atoms with E-state index in [1.165, 1.54) is 6.07 Å². The molecule has 2 nitrogen and oxygen atoms in total. The number of thiocarbonyl (C=S) groups is 1. The molecule has 21 heavy (non-hydrogen) atoms. The summed E-state index contributed by atoms with van der Waals surface area (Å²) in [4.78, 5) is 1.26. The first-order valence-electron chi connectivity index (χ1n) is 6.30. The molecule has 2 rings (SSSR count). The van der Waals surface area contributed by atoms with Crippen LogP contribution in [0.1, 0.15) is 12.5 Å². The minimum absolute atomic E-state index is 0.281. The van der Waals surface area contributed by atoms with Crippen LogP contribution in [0.25, 0.3) is 0 Å². The van der Waals surface area contributed by atoms with Crippen LogP contribution in [0.3, 0.4) is 0 Å².